The van der Waals surface area contributed by atoms with Gasteiger partial charge in [-0.15, -0.1) is 0 Å². The first-order valence-corrected chi connectivity index (χ1v) is 6.42. The van der Waals surface area contributed by atoms with E-state index < -0.39 is 11.9 Å². The van der Waals surface area contributed by atoms with Crippen molar-refractivity contribution in [3.8, 4) is 0 Å². The molecule has 0 aromatic carbocycles. The predicted molar refractivity (Wildman–Crippen MR) is 62.5 cm³/mol. The fourth-order valence-corrected chi connectivity index (χ4v) is 2.84. The van der Waals surface area contributed by atoms with E-state index in [9.17, 15) is 14.7 Å². The molecule has 0 unspecified atom stereocenters. The van der Waals surface area contributed by atoms with Crippen molar-refractivity contribution in [2.75, 3.05) is 26.2 Å². The lowest BCUT2D eigenvalue weighted by molar-refractivity contribution is -0.152. The summed E-state index contributed by atoms with van der Waals surface area (Å²) in [5.74, 6) is -1.51. The van der Waals surface area contributed by atoms with Gasteiger partial charge in [-0.25, -0.2) is 0 Å². The molecule has 5 heteroatoms. The van der Waals surface area contributed by atoms with Crippen LogP contribution in [0.2, 0.25) is 0 Å². The van der Waals surface area contributed by atoms with Crippen LogP contribution in [0.4, 0.5) is 0 Å². The minimum Gasteiger partial charge on any atom is -0.481 e. The number of carboxylic acids is 1. The third-order valence-electron chi connectivity index (χ3n) is 3.83. The van der Waals surface area contributed by atoms with Crippen LogP contribution in [0.3, 0.4) is 0 Å². The van der Waals surface area contributed by atoms with Crippen LogP contribution in [0, 0.1) is 11.8 Å². The Kier molecular flexibility index (Phi) is 3.99. The molecule has 0 radical (unpaired) electrons. The van der Waals surface area contributed by atoms with Gasteiger partial charge in [-0.05, 0) is 12.8 Å². The third kappa shape index (κ3) is 2.77. The summed E-state index contributed by atoms with van der Waals surface area (Å²) < 4.78 is 0. The van der Waals surface area contributed by atoms with Crippen LogP contribution in [0.1, 0.15) is 25.7 Å². The topological polar surface area (TPSA) is 69.6 Å². The summed E-state index contributed by atoms with van der Waals surface area (Å²) in [6.07, 6.45) is 3.30. The zero-order valence-electron chi connectivity index (χ0n) is 10.0. The van der Waals surface area contributed by atoms with E-state index in [2.05, 4.69) is 5.32 Å². The van der Waals surface area contributed by atoms with Crippen molar-refractivity contribution >= 4 is 11.9 Å². The molecule has 17 heavy (non-hydrogen) atoms. The fraction of sp³-hybridized carbons (Fsp3) is 0.833. The van der Waals surface area contributed by atoms with Gasteiger partial charge in [0.05, 0.1) is 11.8 Å². The first-order valence-electron chi connectivity index (χ1n) is 6.42. The summed E-state index contributed by atoms with van der Waals surface area (Å²) in [6.45, 7) is 3.05. The molecule has 0 aromatic heterocycles. The highest BCUT2D eigenvalue weighted by molar-refractivity contribution is 5.85. The summed E-state index contributed by atoms with van der Waals surface area (Å²) in [6, 6.07) is 0. The molecule has 0 spiro atoms. The van der Waals surface area contributed by atoms with E-state index in [4.69, 9.17) is 0 Å². The summed E-state index contributed by atoms with van der Waals surface area (Å²) in [7, 11) is 0. The van der Waals surface area contributed by atoms with Crippen LogP contribution < -0.4 is 5.32 Å². The molecule has 2 rings (SSSR count). The largest absolute Gasteiger partial charge is 0.481 e. The highest BCUT2D eigenvalue weighted by atomic mass is 16.4. The molecule has 1 heterocycles. The molecule has 2 aliphatic rings. The minimum atomic E-state index is -0.807. The van der Waals surface area contributed by atoms with E-state index in [-0.39, 0.29) is 11.8 Å². The smallest absolute Gasteiger partial charge is 0.307 e. The van der Waals surface area contributed by atoms with Crippen molar-refractivity contribution in [2.45, 2.75) is 25.7 Å². The number of nitrogens with one attached hydrogen (secondary N) is 1. The third-order valence-corrected chi connectivity index (χ3v) is 3.83. The summed E-state index contributed by atoms with van der Waals surface area (Å²) >= 11 is 0. The van der Waals surface area contributed by atoms with Crippen LogP contribution in [-0.2, 0) is 9.59 Å². The van der Waals surface area contributed by atoms with E-state index in [1.165, 1.54) is 0 Å². The molecule has 0 aromatic rings. The fourth-order valence-electron chi connectivity index (χ4n) is 2.84. The number of hydrogen-bond acceptors (Lipinski definition) is 3. The van der Waals surface area contributed by atoms with Crippen molar-refractivity contribution < 1.29 is 14.7 Å². The summed E-state index contributed by atoms with van der Waals surface area (Å²) in [5, 5.41) is 12.4. The number of aliphatic carboxylic acids is 1. The molecule has 96 valence electrons. The van der Waals surface area contributed by atoms with Crippen LogP contribution in [0.15, 0.2) is 0 Å². The van der Waals surface area contributed by atoms with Gasteiger partial charge in [0.1, 0.15) is 0 Å². The van der Waals surface area contributed by atoms with Crippen LogP contribution >= 0.6 is 0 Å². The zero-order chi connectivity index (χ0) is 12.3. The molecule has 2 fully saturated rings. The van der Waals surface area contributed by atoms with E-state index in [1.807, 2.05) is 4.90 Å². The molecule has 1 amide bonds. The maximum absolute atomic E-state index is 12.3. The normalized spacial score (nSPS) is 30.0. The molecule has 0 bridgehead atoms. The van der Waals surface area contributed by atoms with Crippen LogP contribution in [0.25, 0.3) is 0 Å². The standard InChI is InChI=1S/C12H20N2O3/c15-11(14-7-5-13-6-8-14)9-3-1-2-4-10(9)12(16)17/h9-10,13H,1-8H2,(H,16,17)/t9-,10+/m1/s1. The van der Waals surface area contributed by atoms with E-state index in [0.717, 1.165) is 32.4 Å². The number of rotatable bonds is 2. The lowest BCUT2D eigenvalue weighted by atomic mass is 9.78. The first-order chi connectivity index (χ1) is 8.20. The molecule has 1 aliphatic carbocycles. The van der Waals surface area contributed by atoms with Gasteiger partial charge in [-0.2, -0.15) is 0 Å². The van der Waals surface area contributed by atoms with Crippen molar-refractivity contribution in [3.63, 3.8) is 0 Å². The molecule has 1 aliphatic heterocycles. The molecule has 2 atom stereocenters. The molecule has 1 saturated carbocycles. The van der Waals surface area contributed by atoms with Gasteiger partial charge in [0.25, 0.3) is 0 Å². The number of nitrogens with zero attached hydrogens (tertiary/aromatic N) is 1. The Bertz CT molecular complexity index is 300. The number of piperazine rings is 1. The number of carbonyl (C=O) groups excluding carboxylic acids is 1. The van der Waals surface area contributed by atoms with Gasteiger partial charge in [0.15, 0.2) is 0 Å². The van der Waals surface area contributed by atoms with Crippen LogP contribution in [-0.4, -0.2) is 48.1 Å². The number of amides is 1. The predicted octanol–water partition coefficient (Wildman–Crippen LogP) is 0.309. The molecular weight excluding hydrogens is 220 g/mol. The molecule has 1 saturated heterocycles. The Balaban J connectivity index is 2.02. The number of carbonyl (C=O) groups is 2. The Morgan fingerprint density at radius 3 is 2.24 bits per heavy atom. The quantitative estimate of drug-likeness (QED) is 0.729. The van der Waals surface area contributed by atoms with E-state index in [1.54, 1.807) is 0 Å². The highest BCUT2D eigenvalue weighted by Crippen LogP contribution is 2.31. The molecule has 5 nitrogen and oxygen atoms in total. The van der Waals surface area contributed by atoms with Gasteiger partial charge in [-0.3, -0.25) is 9.59 Å². The second-order valence-corrected chi connectivity index (χ2v) is 4.91. The highest BCUT2D eigenvalue weighted by Gasteiger charge is 2.37. The molecule has 2 N–H and O–H groups in total. The van der Waals surface area contributed by atoms with Gasteiger partial charge in [0.2, 0.25) is 5.91 Å². The van der Waals surface area contributed by atoms with Gasteiger partial charge in [-0.1, -0.05) is 12.8 Å². The number of carboxylic acid groups (broad SMARTS) is 1. The zero-order valence-corrected chi connectivity index (χ0v) is 10.0. The Labute approximate surface area is 101 Å². The lowest BCUT2D eigenvalue weighted by Gasteiger charge is -2.34. The maximum atomic E-state index is 12.3. The minimum absolute atomic E-state index is 0.0543. The Hall–Kier alpha value is -1.10. The average Bonchev–Trinajstić information content (AvgIpc) is 2.39. The lowest BCUT2D eigenvalue weighted by Crippen LogP contribution is -2.50. The Morgan fingerprint density at radius 2 is 1.65 bits per heavy atom. The summed E-state index contributed by atoms with van der Waals surface area (Å²) in [5.41, 5.74) is 0. The first kappa shape index (κ1) is 12.4. The average molecular weight is 240 g/mol. The van der Waals surface area contributed by atoms with Crippen molar-refractivity contribution in [1.29, 1.82) is 0 Å². The van der Waals surface area contributed by atoms with Gasteiger partial charge >= 0.3 is 5.97 Å². The van der Waals surface area contributed by atoms with Crippen molar-refractivity contribution in [3.05, 3.63) is 0 Å². The second-order valence-electron chi connectivity index (χ2n) is 4.91. The SMILES string of the molecule is O=C(O)[C@H]1CCCC[C@H]1C(=O)N1CCNCC1. The monoisotopic (exact) mass is 240 g/mol. The van der Waals surface area contributed by atoms with Crippen molar-refractivity contribution in [1.82, 2.24) is 10.2 Å². The summed E-state index contributed by atoms with van der Waals surface area (Å²) in [4.78, 5) is 25.3. The van der Waals surface area contributed by atoms with E-state index in [0.29, 0.717) is 19.5 Å². The van der Waals surface area contributed by atoms with Crippen LogP contribution in [0.5, 0.6) is 0 Å². The second kappa shape index (κ2) is 5.49. The van der Waals surface area contributed by atoms with Gasteiger partial charge in [0, 0.05) is 26.2 Å². The maximum Gasteiger partial charge on any atom is 0.307 e. The van der Waals surface area contributed by atoms with Gasteiger partial charge < -0.3 is 15.3 Å². The molecular formula is C12H20N2O3. The van der Waals surface area contributed by atoms with E-state index >= 15 is 0 Å². The number of hydrogen-bond donors (Lipinski definition) is 2. The van der Waals surface area contributed by atoms with Crippen molar-refractivity contribution in [2.24, 2.45) is 11.8 Å². The Morgan fingerprint density at radius 1 is 1.06 bits per heavy atom.